The zero-order chi connectivity index (χ0) is 17.6. The molecule has 0 amide bonds. The van der Waals surface area contributed by atoms with Crippen LogP contribution in [0.4, 0.5) is 4.39 Å². The fraction of sp³-hybridized carbons (Fsp3) is 0.389. The maximum absolute atomic E-state index is 14.1. The van der Waals surface area contributed by atoms with E-state index in [0.717, 1.165) is 50.0 Å². The summed E-state index contributed by atoms with van der Waals surface area (Å²) in [6.45, 7) is 5.12. The van der Waals surface area contributed by atoms with E-state index in [9.17, 15) is 4.39 Å². The highest BCUT2D eigenvalue weighted by atomic mass is 32.2. The Morgan fingerprint density at radius 2 is 2.16 bits per heavy atom. The number of hydrogen-bond acceptors (Lipinski definition) is 5. The van der Waals surface area contributed by atoms with E-state index in [-0.39, 0.29) is 0 Å². The van der Waals surface area contributed by atoms with Gasteiger partial charge in [0.15, 0.2) is 10.8 Å². The molecule has 0 aliphatic heterocycles. The zero-order valence-electron chi connectivity index (χ0n) is 14.3. The molecule has 1 aliphatic carbocycles. The molecule has 0 saturated heterocycles. The third-order valence-electron chi connectivity index (χ3n) is 4.68. The monoisotopic (exact) mass is 357 g/mol. The molecule has 2 N–H and O–H groups in total. The first-order valence-electron chi connectivity index (χ1n) is 8.41. The van der Waals surface area contributed by atoms with Gasteiger partial charge in [-0.2, -0.15) is 0 Å². The van der Waals surface area contributed by atoms with E-state index in [1.54, 1.807) is 18.1 Å². The number of hydrogen-bond donors (Lipinski definition) is 1. The Morgan fingerprint density at radius 3 is 2.96 bits per heavy atom. The smallest absolute Gasteiger partial charge is 0.175 e. The quantitative estimate of drug-likeness (QED) is 0.774. The van der Waals surface area contributed by atoms with Gasteiger partial charge in [0.25, 0.3) is 0 Å². The number of rotatable bonds is 4. The molecule has 0 spiro atoms. The topological polar surface area (TPSA) is 69.6 Å². The number of fused-ring (bicyclic) bond motifs is 2. The van der Waals surface area contributed by atoms with E-state index in [1.165, 1.54) is 0 Å². The van der Waals surface area contributed by atoms with Gasteiger partial charge in [0.1, 0.15) is 18.0 Å². The van der Waals surface area contributed by atoms with Gasteiger partial charge in [0.05, 0.1) is 5.69 Å². The maximum atomic E-state index is 14.1. The SMILES string of the molecule is Cc1cc2c(cc1Sc1nc3c(C)ncnc3n1CCN)C(F)CC2. The van der Waals surface area contributed by atoms with Crippen LogP contribution in [0.25, 0.3) is 11.2 Å². The number of halogens is 1. The van der Waals surface area contributed by atoms with Crippen LogP contribution in [0.15, 0.2) is 28.5 Å². The molecule has 4 rings (SSSR count). The van der Waals surface area contributed by atoms with Gasteiger partial charge >= 0.3 is 0 Å². The predicted molar refractivity (Wildman–Crippen MR) is 96.6 cm³/mol. The van der Waals surface area contributed by atoms with Gasteiger partial charge in [-0.25, -0.2) is 19.3 Å². The summed E-state index contributed by atoms with van der Waals surface area (Å²) in [5, 5.41) is 0.820. The molecule has 2 aromatic heterocycles. The van der Waals surface area contributed by atoms with Gasteiger partial charge < -0.3 is 10.3 Å². The van der Waals surface area contributed by atoms with Crippen molar-refractivity contribution < 1.29 is 4.39 Å². The summed E-state index contributed by atoms with van der Waals surface area (Å²) in [6.07, 6.45) is 2.10. The maximum Gasteiger partial charge on any atom is 0.175 e. The Labute approximate surface area is 149 Å². The molecule has 1 aromatic carbocycles. The average Bonchev–Trinajstić information content (AvgIpc) is 3.11. The second-order valence-corrected chi connectivity index (χ2v) is 7.40. The fourth-order valence-electron chi connectivity index (χ4n) is 3.36. The number of imidazole rings is 1. The molecule has 25 heavy (non-hydrogen) atoms. The Morgan fingerprint density at radius 1 is 1.32 bits per heavy atom. The summed E-state index contributed by atoms with van der Waals surface area (Å²) in [6, 6.07) is 4.09. The van der Waals surface area contributed by atoms with Crippen LogP contribution in [-0.4, -0.2) is 26.1 Å². The fourth-order valence-corrected chi connectivity index (χ4v) is 4.38. The molecule has 130 valence electrons. The Bertz CT molecular complexity index is 952. The van der Waals surface area contributed by atoms with Crippen LogP contribution < -0.4 is 5.73 Å². The van der Waals surface area contributed by atoms with Gasteiger partial charge in [0, 0.05) is 18.0 Å². The molecule has 1 aliphatic rings. The van der Waals surface area contributed by atoms with E-state index in [2.05, 4.69) is 23.0 Å². The van der Waals surface area contributed by atoms with Gasteiger partial charge in [-0.05, 0) is 49.4 Å². The third-order valence-corrected chi connectivity index (χ3v) is 5.83. The number of nitrogens with zero attached hydrogens (tertiary/aromatic N) is 4. The minimum absolute atomic E-state index is 0.498. The average molecular weight is 357 g/mol. The second-order valence-electron chi connectivity index (χ2n) is 6.39. The zero-order valence-corrected chi connectivity index (χ0v) is 15.1. The van der Waals surface area contributed by atoms with Crippen molar-refractivity contribution in [1.29, 1.82) is 0 Å². The third kappa shape index (κ3) is 2.81. The Hall–Kier alpha value is -1.99. The molecule has 0 fully saturated rings. The minimum atomic E-state index is -0.856. The van der Waals surface area contributed by atoms with E-state index < -0.39 is 6.17 Å². The lowest BCUT2D eigenvalue weighted by Gasteiger charge is -2.11. The highest BCUT2D eigenvalue weighted by Gasteiger charge is 2.24. The highest BCUT2D eigenvalue weighted by molar-refractivity contribution is 7.99. The van der Waals surface area contributed by atoms with Crippen molar-refractivity contribution in [3.05, 3.63) is 40.8 Å². The molecular formula is C18H20FN5S. The van der Waals surface area contributed by atoms with Gasteiger partial charge in [0.2, 0.25) is 0 Å². The summed E-state index contributed by atoms with van der Waals surface area (Å²) in [5.41, 5.74) is 11.3. The van der Waals surface area contributed by atoms with Crippen molar-refractivity contribution >= 4 is 22.9 Å². The molecule has 2 heterocycles. The van der Waals surface area contributed by atoms with Crippen LogP contribution in [0.3, 0.4) is 0 Å². The van der Waals surface area contributed by atoms with Gasteiger partial charge in [-0.15, -0.1) is 0 Å². The first-order chi connectivity index (χ1) is 12.1. The van der Waals surface area contributed by atoms with Crippen LogP contribution in [0.1, 0.15) is 35.0 Å². The summed E-state index contributed by atoms with van der Waals surface area (Å²) in [4.78, 5) is 14.4. The van der Waals surface area contributed by atoms with Crippen molar-refractivity contribution in [2.45, 2.75) is 49.5 Å². The first kappa shape index (κ1) is 16.5. The van der Waals surface area contributed by atoms with Gasteiger partial charge in [-0.1, -0.05) is 17.8 Å². The molecule has 0 saturated carbocycles. The molecule has 1 unspecified atom stereocenters. The van der Waals surface area contributed by atoms with Crippen LogP contribution in [0.5, 0.6) is 0 Å². The summed E-state index contributed by atoms with van der Waals surface area (Å²) in [5.74, 6) is 0. The lowest BCUT2D eigenvalue weighted by Crippen LogP contribution is -2.11. The lowest BCUT2D eigenvalue weighted by atomic mass is 10.1. The van der Waals surface area contributed by atoms with E-state index in [4.69, 9.17) is 10.7 Å². The largest absolute Gasteiger partial charge is 0.329 e. The highest BCUT2D eigenvalue weighted by Crippen LogP contribution is 2.40. The van der Waals surface area contributed by atoms with E-state index in [1.807, 2.05) is 17.6 Å². The molecule has 5 nitrogen and oxygen atoms in total. The summed E-state index contributed by atoms with van der Waals surface area (Å²) >= 11 is 1.55. The lowest BCUT2D eigenvalue weighted by molar-refractivity contribution is 0.343. The Kier molecular flexibility index (Phi) is 4.21. The van der Waals surface area contributed by atoms with Crippen LogP contribution in [0, 0.1) is 13.8 Å². The molecule has 0 bridgehead atoms. The van der Waals surface area contributed by atoms with Gasteiger partial charge in [-0.3, -0.25) is 0 Å². The van der Waals surface area contributed by atoms with Crippen molar-refractivity contribution in [3.63, 3.8) is 0 Å². The van der Waals surface area contributed by atoms with Crippen molar-refractivity contribution in [2.75, 3.05) is 6.54 Å². The summed E-state index contributed by atoms with van der Waals surface area (Å²) in [7, 11) is 0. The number of benzene rings is 1. The normalized spacial score (nSPS) is 16.6. The molecule has 0 radical (unpaired) electrons. The van der Waals surface area contributed by atoms with Crippen LogP contribution >= 0.6 is 11.8 Å². The minimum Gasteiger partial charge on any atom is -0.329 e. The Balaban J connectivity index is 1.80. The van der Waals surface area contributed by atoms with Crippen LogP contribution in [0.2, 0.25) is 0 Å². The number of aryl methyl sites for hydroxylation is 3. The second kappa shape index (κ2) is 6.38. The van der Waals surface area contributed by atoms with Crippen molar-refractivity contribution in [2.24, 2.45) is 5.73 Å². The summed E-state index contributed by atoms with van der Waals surface area (Å²) < 4.78 is 16.1. The van der Waals surface area contributed by atoms with E-state index >= 15 is 0 Å². The van der Waals surface area contributed by atoms with Crippen LogP contribution in [-0.2, 0) is 13.0 Å². The molecule has 1 atom stereocenters. The molecule has 7 heteroatoms. The first-order valence-corrected chi connectivity index (χ1v) is 9.23. The predicted octanol–water partition coefficient (Wildman–Crippen LogP) is 3.51. The number of alkyl halides is 1. The van der Waals surface area contributed by atoms with Crippen molar-refractivity contribution in [3.8, 4) is 0 Å². The number of nitrogens with two attached hydrogens (primary N) is 1. The standard InChI is InChI=1S/C18H20FN5S/c1-10-7-12-3-4-14(19)13(12)8-15(10)25-18-23-16-11(2)21-9-22-17(16)24(18)6-5-20/h7-9,14H,3-6,20H2,1-2H3. The molecular weight excluding hydrogens is 337 g/mol. The number of aromatic nitrogens is 4. The van der Waals surface area contributed by atoms with Crippen molar-refractivity contribution in [1.82, 2.24) is 19.5 Å². The van der Waals surface area contributed by atoms with E-state index in [0.29, 0.717) is 19.5 Å². The molecule has 3 aromatic rings.